The maximum atomic E-state index is 5.72. The van der Waals surface area contributed by atoms with Crippen LogP contribution in [0.4, 0.5) is 0 Å². The Kier molecular flexibility index (Phi) is 3.87. The predicted molar refractivity (Wildman–Crippen MR) is 106 cm³/mol. The number of thiophene rings is 1. The van der Waals surface area contributed by atoms with Gasteiger partial charge in [-0.05, 0) is 49.5 Å². The summed E-state index contributed by atoms with van der Waals surface area (Å²) in [5.74, 6) is 0.864. The first-order chi connectivity index (χ1) is 12.8. The quantitative estimate of drug-likeness (QED) is 0.591. The molecular weight excluding hydrogens is 344 g/mol. The molecule has 1 N–H and O–H groups in total. The molecule has 0 aliphatic carbocycles. The Hall–Kier alpha value is -2.44. The average Bonchev–Trinajstić information content (AvgIpc) is 3.37. The third-order valence-corrected chi connectivity index (χ3v) is 6.07. The van der Waals surface area contributed by atoms with Crippen molar-refractivity contribution in [2.24, 2.45) is 0 Å². The average molecular weight is 364 g/mol. The number of nitrogens with zero attached hydrogens (tertiary/aromatic N) is 3. The fourth-order valence-corrected chi connectivity index (χ4v) is 4.66. The molecule has 0 amide bonds. The summed E-state index contributed by atoms with van der Waals surface area (Å²) < 4.78 is 9.03. The van der Waals surface area contributed by atoms with Crippen molar-refractivity contribution in [3.05, 3.63) is 42.2 Å². The van der Waals surface area contributed by atoms with Gasteiger partial charge in [-0.25, -0.2) is 0 Å². The van der Waals surface area contributed by atoms with Gasteiger partial charge in [-0.15, -0.1) is 11.3 Å². The van der Waals surface area contributed by atoms with E-state index >= 15 is 0 Å². The van der Waals surface area contributed by atoms with E-state index in [4.69, 9.17) is 4.74 Å². The van der Waals surface area contributed by atoms with Gasteiger partial charge in [0.15, 0.2) is 0 Å². The Balaban J connectivity index is 1.72. The van der Waals surface area contributed by atoms with Gasteiger partial charge in [0.05, 0.1) is 29.6 Å². The van der Waals surface area contributed by atoms with E-state index in [1.807, 2.05) is 24.5 Å². The minimum atomic E-state index is 0.463. The van der Waals surface area contributed by atoms with E-state index in [1.165, 1.54) is 10.1 Å². The first-order valence-electron chi connectivity index (χ1n) is 8.93. The number of aromatic nitrogens is 3. The highest BCUT2D eigenvalue weighted by molar-refractivity contribution is 7.17. The zero-order valence-electron chi connectivity index (χ0n) is 14.6. The van der Waals surface area contributed by atoms with Gasteiger partial charge < -0.3 is 10.1 Å². The molecular formula is C20H20N4OS. The van der Waals surface area contributed by atoms with Crippen LogP contribution in [-0.2, 0) is 0 Å². The van der Waals surface area contributed by atoms with E-state index in [0.717, 1.165) is 53.7 Å². The third-order valence-electron chi connectivity index (χ3n) is 5.22. The van der Waals surface area contributed by atoms with Crippen molar-refractivity contribution in [3.8, 4) is 16.9 Å². The molecule has 5 nitrogen and oxygen atoms in total. The number of fused-ring (bicyclic) bond motifs is 3. The topological polar surface area (TPSA) is 52.0 Å². The second kappa shape index (κ2) is 6.37. The lowest BCUT2D eigenvalue weighted by Crippen LogP contribution is -2.29. The normalized spacial score (nSPS) is 15.7. The van der Waals surface area contributed by atoms with Gasteiger partial charge >= 0.3 is 0 Å². The van der Waals surface area contributed by atoms with Gasteiger partial charge in [0.1, 0.15) is 5.75 Å². The van der Waals surface area contributed by atoms with Gasteiger partial charge in [-0.2, -0.15) is 5.10 Å². The number of pyridine rings is 1. The van der Waals surface area contributed by atoms with Crippen molar-refractivity contribution in [1.82, 2.24) is 20.1 Å². The Morgan fingerprint density at radius 3 is 2.92 bits per heavy atom. The third kappa shape index (κ3) is 2.48. The first kappa shape index (κ1) is 15.8. The van der Waals surface area contributed by atoms with E-state index < -0.39 is 0 Å². The maximum Gasteiger partial charge on any atom is 0.127 e. The van der Waals surface area contributed by atoms with Crippen LogP contribution in [0.3, 0.4) is 0 Å². The van der Waals surface area contributed by atoms with Crippen molar-refractivity contribution in [2.75, 3.05) is 20.2 Å². The molecule has 1 aromatic carbocycles. The van der Waals surface area contributed by atoms with Crippen LogP contribution in [0.2, 0.25) is 0 Å². The number of methoxy groups -OCH3 is 1. The van der Waals surface area contributed by atoms with E-state index in [2.05, 4.69) is 37.7 Å². The number of nitrogens with one attached hydrogen (secondary N) is 1. The number of benzene rings is 1. The molecule has 6 heteroatoms. The number of ether oxygens (including phenoxy) is 1. The lowest BCUT2D eigenvalue weighted by Gasteiger charge is -2.22. The number of hydrogen-bond acceptors (Lipinski definition) is 5. The van der Waals surface area contributed by atoms with Gasteiger partial charge in [-0.1, -0.05) is 0 Å². The molecule has 4 aromatic rings. The molecule has 1 saturated heterocycles. The number of piperidine rings is 1. The predicted octanol–water partition coefficient (Wildman–Crippen LogP) is 4.25. The van der Waals surface area contributed by atoms with Gasteiger partial charge in [0, 0.05) is 34.3 Å². The molecule has 4 heterocycles. The van der Waals surface area contributed by atoms with Crippen molar-refractivity contribution >= 4 is 32.3 Å². The van der Waals surface area contributed by atoms with Crippen molar-refractivity contribution in [2.45, 2.75) is 18.9 Å². The van der Waals surface area contributed by atoms with Crippen molar-refractivity contribution in [1.29, 1.82) is 0 Å². The van der Waals surface area contributed by atoms with Crippen LogP contribution in [-0.4, -0.2) is 35.0 Å². The minimum Gasteiger partial charge on any atom is -0.496 e. The highest BCUT2D eigenvalue weighted by Gasteiger charge is 2.19. The van der Waals surface area contributed by atoms with E-state index in [1.54, 1.807) is 18.4 Å². The monoisotopic (exact) mass is 364 g/mol. The summed E-state index contributed by atoms with van der Waals surface area (Å²) in [6.07, 6.45) is 8.31. The van der Waals surface area contributed by atoms with Crippen molar-refractivity contribution in [3.63, 3.8) is 0 Å². The van der Waals surface area contributed by atoms with Crippen molar-refractivity contribution < 1.29 is 4.74 Å². The fourth-order valence-electron chi connectivity index (χ4n) is 3.90. The molecule has 5 rings (SSSR count). The van der Waals surface area contributed by atoms with Crippen LogP contribution in [0, 0.1) is 0 Å². The fraction of sp³-hybridized carbons (Fsp3) is 0.300. The molecule has 0 saturated carbocycles. The molecule has 1 aliphatic rings. The molecule has 26 heavy (non-hydrogen) atoms. The van der Waals surface area contributed by atoms with Gasteiger partial charge in [0.25, 0.3) is 0 Å². The summed E-state index contributed by atoms with van der Waals surface area (Å²) in [6, 6.07) is 6.67. The Labute approximate surface area is 155 Å². The molecule has 0 unspecified atom stereocenters. The second-order valence-corrected chi connectivity index (χ2v) is 7.63. The first-order valence-corrected chi connectivity index (χ1v) is 9.81. The van der Waals surface area contributed by atoms with E-state index in [9.17, 15) is 0 Å². The molecule has 0 radical (unpaired) electrons. The maximum absolute atomic E-state index is 5.72. The summed E-state index contributed by atoms with van der Waals surface area (Å²) in [4.78, 5) is 4.66. The van der Waals surface area contributed by atoms with Crippen LogP contribution in [0.5, 0.6) is 5.75 Å². The van der Waals surface area contributed by atoms with E-state index in [0.29, 0.717) is 6.04 Å². The SMILES string of the molecule is COc1ccc2ncc3sccc3c2c1-c1cnn(C2CCNCC2)c1. The van der Waals surface area contributed by atoms with Crippen LogP contribution >= 0.6 is 11.3 Å². The smallest absolute Gasteiger partial charge is 0.127 e. The Bertz CT molecular complexity index is 1080. The summed E-state index contributed by atoms with van der Waals surface area (Å²) in [5.41, 5.74) is 3.16. The molecule has 1 fully saturated rings. The minimum absolute atomic E-state index is 0.463. The molecule has 1 aliphatic heterocycles. The Morgan fingerprint density at radius 2 is 2.08 bits per heavy atom. The van der Waals surface area contributed by atoms with E-state index in [-0.39, 0.29) is 0 Å². The summed E-state index contributed by atoms with van der Waals surface area (Å²) >= 11 is 1.72. The molecule has 0 atom stereocenters. The zero-order chi connectivity index (χ0) is 17.5. The highest BCUT2D eigenvalue weighted by Crippen LogP contribution is 2.41. The lowest BCUT2D eigenvalue weighted by atomic mass is 9.99. The van der Waals surface area contributed by atoms with Gasteiger partial charge in [-0.3, -0.25) is 9.67 Å². The van der Waals surface area contributed by atoms with Crippen LogP contribution in [0.25, 0.3) is 32.1 Å². The molecule has 0 spiro atoms. The number of hydrogen-bond donors (Lipinski definition) is 1. The molecule has 3 aromatic heterocycles. The molecule has 132 valence electrons. The Morgan fingerprint density at radius 1 is 1.19 bits per heavy atom. The lowest BCUT2D eigenvalue weighted by molar-refractivity contribution is 0.343. The second-order valence-electron chi connectivity index (χ2n) is 6.68. The highest BCUT2D eigenvalue weighted by atomic mass is 32.1. The van der Waals surface area contributed by atoms with Crippen LogP contribution in [0.15, 0.2) is 42.2 Å². The van der Waals surface area contributed by atoms with Gasteiger partial charge in [0.2, 0.25) is 0 Å². The van der Waals surface area contributed by atoms with Crippen LogP contribution in [0.1, 0.15) is 18.9 Å². The zero-order valence-corrected chi connectivity index (χ0v) is 15.4. The number of rotatable bonds is 3. The summed E-state index contributed by atoms with van der Waals surface area (Å²) in [7, 11) is 1.73. The largest absolute Gasteiger partial charge is 0.496 e. The molecule has 0 bridgehead atoms. The summed E-state index contributed by atoms with van der Waals surface area (Å²) in [5, 5.41) is 12.6. The van der Waals surface area contributed by atoms with Crippen LogP contribution < -0.4 is 10.1 Å². The standard InChI is InChI=1S/C20H20N4OS/c1-25-17-3-2-16-20(15-6-9-26-18(15)11-22-16)19(17)13-10-23-24(12-13)14-4-7-21-8-5-14/h2-3,6,9-12,14,21H,4-5,7-8H2,1H3. The summed E-state index contributed by atoms with van der Waals surface area (Å²) in [6.45, 7) is 2.10.